The molecule has 7 nitrogen and oxygen atoms in total. The summed E-state index contributed by atoms with van der Waals surface area (Å²) in [5.74, 6) is 2.24. The largest absolute Gasteiger partial charge is 0.478 e. The average Bonchev–Trinajstić information content (AvgIpc) is 2.87. The summed E-state index contributed by atoms with van der Waals surface area (Å²) in [6, 6.07) is 0. The van der Waals surface area contributed by atoms with Crippen molar-refractivity contribution in [1.29, 1.82) is 0 Å². The molecule has 0 radical (unpaired) electrons. The lowest BCUT2D eigenvalue weighted by Gasteiger charge is -2.11. The molecule has 0 atom stereocenters. The highest BCUT2D eigenvalue weighted by atomic mass is 16.5. The van der Waals surface area contributed by atoms with Gasteiger partial charge < -0.3 is 14.6 Å². The maximum Gasteiger partial charge on any atom is 0.221 e. The molecule has 0 aliphatic heterocycles. The zero-order valence-corrected chi connectivity index (χ0v) is 11.4. The van der Waals surface area contributed by atoms with Crippen LogP contribution in [0, 0.1) is 6.92 Å². The molecule has 7 heteroatoms. The molecule has 0 aromatic carbocycles. The predicted octanol–water partition coefficient (Wildman–Crippen LogP) is 1.41. The average molecular weight is 262 g/mol. The van der Waals surface area contributed by atoms with Crippen molar-refractivity contribution in [3.63, 3.8) is 0 Å². The van der Waals surface area contributed by atoms with Gasteiger partial charge in [-0.15, -0.1) is 10.2 Å². The van der Waals surface area contributed by atoms with Crippen molar-refractivity contribution >= 4 is 5.82 Å². The Hall–Kier alpha value is -2.18. The number of ether oxygens (including phenoxy) is 1. The monoisotopic (exact) mass is 262 g/mol. The lowest BCUT2D eigenvalue weighted by atomic mass is 10.3. The second kappa shape index (κ2) is 6.12. The van der Waals surface area contributed by atoms with Crippen LogP contribution in [-0.4, -0.2) is 31.3 Å². The number of hydrogen-bond donors (Lipinski definition) is 1. The molecular weight excluding hydrogens is 244 g/mol. The molecule has 0 aliphatic rings. The first-order chi connectivity index (χ1) is 9.26. The molecule has 0 spiro atoms. The van der Waals surface area contributed by atoms with E-state index < -0.39 is 0 Å². The predicted molar refractivity (Wildman–Crippen MR) is 71.0 cm³/mol. The molecule has 0 unspecified atom stereocenters. The molecule has 2 aromatic heterocycles. The number of nitrogens with zero attached hydrogens (tertiary/aromatic N) is 5. The summed E-state index contributed by atoms with van der Waals surface area (Å²) in [6.07, 6.45) is 3.21. The topological polar surface area (TPSA) is 77.8 Å². The third kappa shape index (κ3) is 2.98. The quantitative estimate of drug-likeness (QED) is 0.848. The van der Waals surface area contributed by atoms with Crippen LogP contribution >= 0.6 is 0 Å². The maximum absolute atomic E-state index is 5.43. The highest BCUT2D eigenvalue weighted by Gasteiger charge is 2.09. The Labute approximate surface area is 112 Å². The molecule has 2 rings (SSSR count). The Morgan fingerprint density at radius 2 is 2.16 bits per heavy atom. The van der Waals surface area contributed by atoms with Crippen LogP contribution in [-0.2, 0) is 13.1 Å². The van der Waals surface area contributed by atoms with Crippen LogP contribution in [0.1, 0.15) is 25.2 Å². The number of aromatic nitrogens is 5. The first-order valence-electron chi connectivity index (χ1n) is 6.31. The van der Waals surface area contributed by atoms with Crippen LogP contribution in [0.3, 0.4) is 0 Å². The summed E-state index contributed by atoms with van der Waals surface area (Å²) in [7, 11) is 0. The van der Waals surface area contributed by atoms with E-state index >= 15 is 0 Å². The van der Waals surface area contributed by atoms with E-state index in [4.69, 9.17) is 4.74 Å². The summed E-state index contributed by atoms with van der Waals surface area (Å²) >= 11 is 0. The van der Waals surface area contributed by atoms with Crippen LogP contribution in [0.2, 0.25) is 0 Å². The van der Waals surface area contributed by atoms with Gasteiger partial charge in [0.25, 0.3) is 0 Å². The van der Waals surface area contributed by atoms with E-state index in [-0.39, 0.29) is 0 Å². The normalized spacial score (nSPS) is 10.5. The highest BCUT2D eigenvalue weighted by Crippen LogP contribution is 2.20. The van der Waals surface area contributed by atoms with Gasteiger partial charge in [-0.25, -0.2) is 9.97 Å². The van der Waals surface area contributed by atoms with Crippen molar-refractivity contribution in [2.24, 2.45) is 0 Å². The molecule has 19 heavy (non-hydrogen) atoms. The van der Waals surface area contributed by atoms with Gasteiger partial charge in [0.05, 0.1) is 18.7 Å². The number of rotatable bonds is 6. The first-order valence-corrected chi connectivity index (χ1v) is 6.31. The molecule has 0 saturated carbocycles. The molecule has 0 aliphatic carbocycles. The smallest absolute Gasteiger partial charge is 0.221 e. The van der Waals surface area contributed by atoms with E-state index in [0.29, 0.717) is 19.0 Å². The van der Waals surface area contributed by atoms with Crippen LogP contribution in [0.5, 0.6) is 5.88 Å². The Morgan fingerprint density at radius 3 is 2.89 bits per heavy atom. The summed E-state index contributed by atoms with van der Waals surface area (Å²) in [5, 5.41) is 11.2. The van der Waals surface area contributed by atoms with E-state index in [0.717, 1.165) is 23.8 Å². The molecule has 0 fully saturated rings. The number of anilines is 1. The third-order valence-corrected chi connectivity index (χ3v) is 2.77. The van der Waals surface area contributed by atoms with Gasteiger partial charge in [0, 0.05) is 6.54 Å². The standard InChI is InChI=1S/C12H18N6O/c1-4-18-8-16-17-10(18)6-13-11-9(3)12(19-5-2)15-7-14-11/h7-8H,4-6H2,1-3H3,(H,13,14,15). The minimum absolute atomic E-state index is 0.567. The van der Waals surface area contributed by atoms with E-state index in [1.165, 1.54) is 6.33 Å². The Kier molecular flexibility index (Phi) is 4.27. The zero-order valence-electron chi connectivity index (χ0n) is 11.4. The highest BCUT2D eigenvalue weighted by molar-refractivity contribution is 5.47. The van der Waals surface area contributed by atoms with E-state index in [9.17, 15) is 0 Å². The second-order valence-electron chi connectivity index (χ2n) is 3.97. The Balaban J connectivity index is 2.09. The van der Waals surface area contributed by atoms with E-state index in [1.807, 2.05) is 18.4 Å². The summed E-state index contributed by atoms with van der Waals surface area (Å²) in [4.78, 5) is 8.32. The molecule has 0 amide bonds. The number of nitrogens with one attached hydrogen (secondary N) is 1. The summed E-state index contributed by atoms with van der Waals surface area (Å²) in [5.41, 5.74) is 0.895. The van der Waals surface area contributed by atoms with Crippen molar-refractivity contribution in [2.45, 2.75) is 33.9 Å². The van der Waals surface area contributed by atoms with Crippen molar-refractivity contribution in [2.75, 3.05) is 11.9 Å². The van der Waals surface area contributed by atoms with Gasteiger partial charge in [0.15, 0.2) is 5.82 Å². The van der Waals surface area contributed by atoms with Gasteiger partial charge in [-0.3, -0.25) is 0 Å². The van der Waals surface area contributed by atoms with Crippen molar-refractivity contribution in [1.82, 2.24) is 24.7 Å². The van der Waals surface area contributed by atoms with Crippen LogP contribution < -0.4 is 10.1 Å². The minimum Gasteiger partial charge on any atom is -0.478 e. The Bertz CT molecular complexity index is 539. The van der Waals surface area contributed by atoms with E-state index in [2.05, 4.69) is 32.4 Å². The lowest BCUT2D eigenvalue weighted by molar-refractivity contribution is 0.324. The SMILES string of the molecule is CCOc1ncnc(NCc2nncn2CC)c1C. The fraction of sp³-hybridized carbons (Fsp3) is 0.500. The lowest BCUT2D eigenvalue weighted by Crippen LogP contribution is -2.10. The van der Waals surface area contributed by atoms with E-state index in [1.54, 1.807) is 6.33 Å². The van der Waals surface area contributed by atoms with Gasteiger partial charge in [-0.1, -0.05) is 0 Å². The molecule has 0 saturated heterocycles. The maximum atomic E-state index is 5.43. The van der Waals surface area contributed by atoms with Crippen molar-refractivity contribution in [3.05, 3.63) is 24.0 Å². The molecule has 102 valence electrons. The summed E-state index contributed by atoms with van der Waals surface area (Å²) < 4.78 is 7.41. The zero-order chi connectivity index (χ0) is 13.7. The van der Waals surface area contributed by atoms with Gasteiger partial charge in [0.1, 0.15) is 18.5 Å². The van der Waals surface area contributed by atoms with Gasteiger partial charge in [-0.2, -0.15) is 0 Å². The summed E-state index contributed by atoms with van der Waals surface area (Å²) in [6.45, 7) is 7.90. The second-order valence-corrected chi connectivity index (χ2v) is 3.97. The fourth-order valence-corrected chi connectivity index (χ4v) is 1.74. The van der Waals surface area contributed by atoms with Crippen molar-refractivity contribution < 1.29 is 4.74 Å². The van der Waals surface area contributed by atoms with Gasteiger partial charge in [-0.05, 0) is 20.8 Å². The number of hydrogen-bond acceptors (Lipinski definition) is 6. The first kappa shape index (κ1) is 13.3. The van der Waals surface area contributed by atoms with Gasteiger partial charge in [0.2, 0.25) is 5.88 Å². The van der Waals surface area contributed by atoms with Crippen LogP contribution in [0.4, 0.5) is 5.82 Å². The van der Waals surface area contributed by atoms with Crippen LogP contribution in [0.25, 0.3) is 0 Å². The molecule has 2 aromatic rings. The third-order valence-electron chi connectivity index (χ3n) is 2.77. The van der Waals surface area contributed by atoms with Crippen molar-refractivity contribution in [3.8, 4) is 5.88 Å². The van der Waals surface area contributed by atoms with Crippen LogP contribution in [0.15, 0.2) is 12.7 Å². The Morgan fingerprint density at radius 1 is 1.32 bits per heavy atom. The molecule has 2 heterocycles. The molecule has 1 N–H and O–H groups in total. The molecule has 0 bridgehead atoms. The fourth-order valence-electron chi connectivity index (χ4n) is 1.74. The minimum atomic E-state index is 0.567. The van der Waals surface area contributed by atoms with Gasteiger partial charge >= 0.3 is 0 Å². The number of aryl methyl sites for hydroxylation is 1. The molecular formula is C12H18N6O.